The summed E-state index contributed by atoms with van der Waals surface area (Å²) in [6.07, 6.45) is 7.34. The molecule has 0 bridgehead atoms. The molecule has 23 heavy (non-hydrogen) atoms. The SMILES string of the molecule is O=C(NC1CCN(C(=O)C2CCCCC2)CC1)c1ccc(Br)o1. The molecule has 0 spiro atoms. The molecule has 1 aliphatic carbocycles. The summed E-state index contributed by atoms with van der Waals surface area (Å²) in [6.45, 7) is 1.48. The van der Waals surface area contributed by atoms with Gasteiger partial charge in [0, 0.05) is 25.0 Å². The van der Waals surface area contributed by atoms with Crippen molar-refractivity contribution in [3.8, 4) is 0 Å². The van der Waals surface area contributed by atoms with Crippen molar-refractivity contribution < 1.29 is 14.0 Å². The standard InChI is InChI=1S/C17H23BrN2O3/c18-15-7-6-14(23-15)16(21)19-13-8-10-20(11-9-13)17(22)12-4-2-1-3-5-12/h6-7,12-13H,1-5,8-11H2,(H,19,21). The summed E-state index contributed by atoms with van der Waals surface area (Å²) in [4.78, 5) is 26.6. The van der Waals surface area contributed by atoms with E-state index in [0.717, 1.165) is 38.8 Å². The summed E-state index contributed by atoms with van der Waals surface area (Å²) < 4.78 is 5.82. The van der Waals surface area contributed by atoms with Crippen molar-refractivity contribution in [2.24, 2.45) is 5.92 Å². The van der Waals surface area contributed by atoms with E-state index in [2.05, 4.69) is 21.2 Å². The fourth-order valence-corrected chi connectivity index (χ4v) is 3.85. The summed E-state index contributed by atoms with van der Waals surface area (Å²) in [6, 6.07) is 3.48. The van der Waals surface area contributed by atoms with E-state index in [9.17, 15) is 9.59 Å². The maximum absolute atomic E-state index is 12.5. The van der Waals surface area contributed by atoms with Gasteiger partial charge in [0.25, 0.3) is 5.91 Å². The number of amides is 2. The van der Waals surface area contributed by atoms with E-state index in [1.54, 1.807) is 12.1 Å². The first kappa shape index (κ1) is 16.6. The molecule has 2 aliphatic rings. The van der Waals surface area contributed by atoms with Gasteiger partial charge in [0.2, 0.25) is 5.91 Å². The van der Waals surface area contributed by atoms with Gasteiger partial charge < -0.3 is 14.6 Å². The average molecular weight is 383 g/mol. The Morgan fingerprint density at radius 3 is 2.39 bits per heavy atom. The molecule has 2 amide bonds. The number of likely N-dealkylation sites (tertiary alicyclic amines) is 1. The van der Waals surface area contributed by atoms with E-state index >= 15 is 0 Å². The zero-order valence-corrected chi connectivity index (χ0v) is 14.8. The molecule has 2 fully saturated rings. The van der Waals surface area contributed by atoms with E-state index in [1.165, 1.54) is 19.3 Å². The first-order valence-electron chi connectivity index (χ1n) is 8.48. The lowest BCUT2D eigenvalue weighted by Crippen LogP contribution is -2.48. The number of hydrogen-bond donors (Lipinski definition) is 1. The molecular formula is C17H23BrN2O3. The highest BCUT2D eigenvalue weighted by Crippen LogP contribution is 2.26. The molecule has 1 aromatic heterocycles. The Labute approximate surface area is 144 Å². The average Bonchev–Trinajstić information content (AvgIpc) is 3.02. The van der Waals surface area contributed by atoms with Crippen LogP contribution in [0.4, 0.5) is 0 Å². The summed E-state index contributed by atoms with van der Waals surface area (Å²) in [7, 11) is 0. The summed E-state index contributed by atoms with van der Waals surface area (Å²) >= 11 is 3.20. The van der Waals surface area contributed by atoms with E-state index in [1.807, 2.05) is 4.90 Å². The van der Waals surface area contributed by atoms with Gasteiger partial charge in [0.05, 0.1) is 0 Å². The van der Waals surface area contributed by atoms with E-state index in [-0.39, 0.29) is 17.9 Å². The van der Waals surface area contributed by atoms with Gasteiger partial charge in [-0.15, -0.1) is 0 Å². The van der Waals surface area contributed by atoms with Gasteiger partial charge in [-0.3, -0.25) is 9.59 Å². The Morgan fingerprint density at radius 1 is 1.09 bits per heavy atom. The number of hydrogen-bond acceptors (Lipinski definition) is 3. The number of nitrogens with one attached hydrogen (secondary N) is 1. The second-order valence-electron chi connectivity index (χ2n) is 6.51. The lowest BCUT2D eigenvalue weighted by Gasteiger charge is -2.35. The molecule has 0 unspecified atom stereocenters. The second-order valence-corrected chi connectivity index (χ2v) is 7.29. The maximum atomic E-state index is 12.5. The van der Waals surface area contributed by atoms with Crippen molar-refractivity contribution in [2.75, 3.05) is 13.1 Å². The van der Waals surface area contributed by atoms with E-state index in [0.29, 0.717) is 16.3 Å². The number of carbonyl (C=O) groups is 2. The predicted octanol–water partition coefficient (Wildman–Crippen LogP) is 3.34. The Balaban J connectivity index is 1.46. The molecule has 0 atom stereocenters. The number of piperidine rings is 1. The number of rotatable bonds is 3. The van der Waals surface area contributed by atoms with Crippen molar-refractivity contribution in [1.82, 2.24) is 10.2 Å². The van der Waals surface area contributed by atoms with Crippen LogP contribution >= 0.6 is 15.9 Å². The van der Waals surface area contributed by atoms with Crippen molar-refractivity contribution in [1.29, 1.82) is 0 Å². The van der Waals surface area contributed by atoms with Crippen molar-refractivity contribution in [3.05, 3.63) is 22.6 Å². The van der Waals surface area contributed by atoms with Gasteiger partial charge in [0.1, 0.15) is 0 Å². The molecule has 2 heterocycles. The minimum absolute atomic E-state index is 0.113. The third-order valence-corrected chi connectivity index (χ3v) is 5.32. The highest BCUT2D eigenvalue weighted by Gasteiger charge is 2.29. The van der Waals surface area contributed by atoms with Crippen LogP contribution in [-0.4, -0.2) is 35.8 Å². The minimum atomic E-state index is -0.187. The Bertz CT molecular complexity index is 558. The number of furan rings is 1. The van der Waals surface area contributed by atoms with Gasteiger partial charge in [-0.25, -0.2) is 0 Å². The number of carbonyl (C=O) groups excluding carboxylic acids is 2. The molecular weight excluding hydrogens is 360 g/mol. The maximum Gasteiger partial charge on any atom is 0.287 e. The molecule has 0 aromatic carbocycles. The van der Waals surface area contributed by atoms with Gasteiger partial charge in [-0.2, -0.15) is 0 Å². The van der Waals surface area contributed by atoms with E-state index < -0.39 is 0 Å². The molecule has 3 rings (SSSR count). The monoisotopic (exact) mass is 382 g/mol. The van der Waals surface area contributed by atoms with Crippen LogP contribution in [0.5, 0.6) is 0 Å². The minimum Gasteiger partial charge on any atom is -0.444 e. The first-order chi connectivity index (χ1) is 11.1. The third-order valence-electron chi connectivity index (χ3n) is 4.89. The largest absolute Gasteiger partial charge is 0.444 e. The van der Waals surface area contributed by atoms with Crippen LogP contribution in [0.25, 0.3) is 0 Å². The zero-order chi connectivity index (χ0) is 16.2. The topological polar surface area (TPSA) is 62.6 Å². The fraction of sp³-hybridized carbons (Fsp3) is 0.647. The first-order valence-corrected chi connectivity index (χ1v) is 9.28. The van der Waals surface area contributed by atoms with Crippen LogP contribution < -0.4 is 5.32 Å². The fourth-order valence-electron chi connectivity index (χ4n) is 3.54. The normalized spacial score (nSPS) is 20.5. The number of halogens is 1. The van der Waals surface area contributed by atoms with Crippen LogP contribution in [0, 0.1) is 5.92 Å². The van der Waals surface area contributed by atoms with Crippen LogP contribution in [0.15, 0.2) is 21.2 Å². The zero-order valence-electron chi connectivity index (χ0n) is 13.2. The third kappa shape index (κ3) is 4.16. The van der Waals surface area contributed by atoms with Gasteiger partial charge in [-0.05, 0) is 53.7 Å². The van der Waals surface area contributed by atoms with Gasteiger partial charge in [-0.1, -0.05) is 19.3 Å². The Kier molecular flexibility index (Phi) is 5.41. The molecule has 126 valence electrons. The van der Waals surface area contributed by atoms with Crippen molar-refractivity contribution in [2.45, 2.75) is 51.0 Å². The summed E-state index contributed by atoms with van der Waals surface area (Å²) in [5, 5.41) is 3.00. The summed E-state index contributed by atoms with van der Waals surface area (Å²) in [5.41, 5.74) is 0. The summed E-state index contributed by atoms with van der Waals surface area (Å²) in [5.74, 6) is 0.685. The van der Waals surface area contributed by atoms with E-state index in [4.69, 9.17) is 4.42 Å². The quantitative estimate of drug-likeness (QED) is 0.871. The lowest BCUT2D eigenvalue weighted by atomic mass is 9.87. The molecule has 6 heteroatoms. The van der Waals surface area contributed by atoms with Crippen LogP contribution in [-0.2, 0) is 4.79 Å². The molecule has 5 nitrogen and oxygen atoms in total. The second kappa shape index (κ2) is 7.51. The van der Waals surface area contributed by atoms with Gasteiger partial charge in [0.15, 0.2) is 10.4 Å². The Morgan fingerprint density at radius 2 is 1.78 bits per heavy atom. The molecule has 0 radical (unpaired) electrons. The van der Waals surface area contributed by atoms with Crippen molar-refractivity contribution >= 4 is 27.7 Å². The Hall–Kier alpha value is -1.30. The number of nitrogens with zero attached hydrogens (tertiary/aromatic N) is 1. The van der Waals surface area contributed by atoms with Crippen LogP contribution in [0.2, 0.25) is 0 Å². The van der Waals surface area contributed by atoms with Crippen LogP contribution in [0.1, 0.15) is 55.5 Å². The van der Waals surface area contributed by atoms with Gasteiger partial charge >= 0.3 is 0 Å². The predicted molar refractivity (Wildman–Crippen MR) is 90.1 cm³/mol. The smallest absolute Gasteiger partial charge is 0.287 e. The highest BCUT2D eigenvalue weighted by atomic mass is 79.9. The lowest BCUT2D eigenvalue weighted by molar-refractivity contribution is -0.137. The van der Waals surface area contributed by atoms with Crippen molar-refractivity contribution in [3.63, 3.8) is 0 Å². The molecule has 1 N–H and O–H groups in total. The molecule has 1 saturated carbocycles. The molecule has 1 saturated heterocycles. The van der Waals surface area contributed by atoms with Crippen LogP contribution in [0.3, 0.4) is 0 Å². The molecule has 1 aliphatic heterocycles. The highest BCUT2D eigenvalue weighted by molar-refractivity contribution is 9.10. The molecule has 1 aromatic rings.